The monoisotopic (exact) mass is 617 g/mol. The van der Waals surface area contributed by atoms with Crippen LogP contribution in [0.3, 0.4) is 0 Å². The zero-order valence-electron chi connectivity index (χ0n) is 28.8. The second-order valence-corrected chi connectivity index (χ2v) is 12.0. The number of nitrogens with zero attached hydrogens (tertiary/aromatic N) is 1. The molecular formula is C34H72N4O5. The summed E-state index contributed by atoms with van der Waals surface area (Å²) in [6, 6.07) is -1.22. The van der Waals surface area contributed by atoms with Gasteiger partial charge in [-0.3, -0.25) is 9.59 Å². The standard InChI is InChI=1S/C17H36N2O3.C17H36N2O2/c1-3-5-6-7-8-9-10-11-12-13-15(20)19-14(4-2)16(18)17(21)22;1-4-7-8-9-10-11-12-13-14-15-17(20)18-16(5-2)19(21)6-3/h14,16-17,21-22H,3-13,18H2,1-2H3,(H,19,20);16,21H,4-15H2,1-3H3,(H,18,20). The Hall–Kier alpha value is -1.26. The molecule has 0 aromatic rings. The van der Waals surface area contributed by atoms with E-state index in [9.17, 15) is 14.8 Å². The average molecular weight is 617 g/mol. The molecular weight excluding hydrogens is 544 g/mol. The molecule has 0 aliphatic rings. The van der Waals surface area contributed by atoms with Crippen molar-refractivity contribution in [3.05, 3.63) is 0 Å². The fraction of sp³-hybridized carbons (Fsp3) is 0.941. The summed E-state index contributed by atoms with van der Waals surface area (Å²) in [4.78, 5) is 23.6. The number of amides is 2. The molecule has 0 saturated heterocycles. The Balaban J connectivity index is 0. The highest BCUT2D eigenvalue weighted by Crippen LogP contribution is 2.12. The van der Waals surface area contributed by atoms with Gasteiger partial charge in [-0.15, -0.1) is 0 Å². The van der Waals surface area contributed by atoms with Gasteiger partial charge in [-0.1, -0.05) is 137 Å². The molecule has 0 aromatic heterocycles. The number of nitrogens with one attached hydrogen (secondary N) is 2. The number of hydroxylamine groups is 2. The topological polar surface area (TPSA) is 148 Å². The van der Waals surface area contributed by atoms with Gasteiger partial charge in [0.05, 0.1) is 6.04 Å². The number of carbonyl (C=O) groups is 2. The number of rotatable bonds is 28. The van der Waals surface area contributed by atoms with Gasteiger partial charge in [0.25, 0.3) is 0 Å². The maximum Gasteiger partial charge on any atom is 0.221 e. The lowest BCUT2D eigenvalue weighted by Gasteiger charge is -2.25. The number of aliphatic hydroxyl groups excluding tert-OH is 1. The Kier molecular flexibility index (Phi) is 32.8. The summed E-state index contributed by atoms with van der Waals surface area (Å²) in [5.41, 5.74) is 5.65. The first kappa shape index (κ1) is 43.9. The van der Waals surface area contributed by atoms with Crippen molar-refractivity contribution < 1.29 is 25.0 Å². The van der Waals surface area contributed by atoms with E-state index in [0.717, 1.165) is 25.7 Å². The van der Waals surface area contributed by atoms with Crippen molar-refractivity contribution in [1.29, 1.82) is 0 Å². The van der Waals surface area contributed by atoms with Crippen LogP contribution in [0, 0.1) is 0 Å². The van der Waals surface area contributed by atoms with Crippen LogP contribution in [0.5, 0.6) is 0 Å². The van der Waals surface area contributed by atoms with Gasteiger partial charge in [-0.2, -0.15) is 5.06 Å². The predicted octanol–water partition coefficient (Wildman–Crippen LogP) is 6.91. The highest BCUT2D eigenvalue weighted by Gasteiger charge is 2.23. The number of aliphatic hydroxyl groups is 2. The van der Waals surface area contributed by atoms with E-state index in [1.807, 2.05) is 20.8 Å². The van der Waals surface area contributed by atoms with Crippen LogP contribution in [-0.4, -0.2) is 63.4 Å². The van der Waals surface area contributed by atoms with Crippen LogP contribution in [0.4, 0.5) is 0 Å². The third-order valence-electron chi connectivity index (χ3n) is 8.01. The molecule has 0 bridgehead atoms. The largest absolute Gasteiger partial charge is 0.367 e. The van der Waals surface area contributed by atoms with E-state index < -0.39 is 12.3 Å². The Morgan fingerprint density at radius 3 is 1.30 bits per heavy atom. The summed E-state index contributed by atoms with van der Waals surface area (Å²) in [5.74, 6) is 0.00296. The zero-order valence-corrected chi connectivity index (χ0v) is 28.8. The van der Waals surface area contributed by atoms with E-state index in [4.69, 9.17) is 15.9 Å². The Labute approximate surface area is 265 Å². The van der Waals surface area contributed by atoms with Crippen molar-refractivity contribution in [2.75, 3.05) is 6.54 Å². The molecule has 0 aliphatic carbocycles. The summed E-state index contributed by atoms with van der Waals surface area (Å²) in [5, 5.41) is 34.6. The van der Waals surface area contributed by atoms with Crippen molar-refractivity contribution in [3.8, 4) is 0 Å². The fourth-order valence-corrected chi connectivity index (χ4v) is 5.02. The van der Waals surface area contributed by atoms with Crippen molar-refractivity contribution in [2.45, 2.75) is 200 Å². The Bertz CT molecular complexity index is 624. The van der Waals surface area contributed by atoms with Crippen molar-refractivity contribution in [2.24, 2.45) is 5.73 Å². The Morgan fingerprint density at radius 2 is 0.977 bits per heavy atom. The van der Waals surface area contributed by atoms with Crippen LogP contribution in [0.2, 0.25) is 0 Å². The molecule has 0 fully saturated rings. The molecule has 9 nitrogen and oxygen atoms in total. The summed E-state index contributed by atoms with van der Waals surface area (Å²) in [6.45, 7) is 10.7. The molecule has 0 rings (SSSR count). The molecule has 43 heavy (non-hydrogen) atoms. The minimum atomic E-state index is -1.60. The van der Waals surface area contributed by atoms with Crippen LogP contribution in [-0.2, 0) is 9.59 Å². The Morgan fingerprint density at radius 1 is 0.605 bits per heavy atom. The normalized spacial score (nSPS) is 13.4. The molecule has 3 unspecified atom stereocenters. The number of carbonyl (C=O) groups excluding carboxylic acids is 2. The van der Waals surface area contributed by atoms with E-state index in [0.29, 0.717) is 32.2 Å². The second kappa shape index (κ2) is 32.1. The van der Waals surface area contributed by atoms with Gasteiger partial charge in [0.2, 0.25) is 11.8 Å². The van der Waals surface area contributed by atoms with Crippen molar-refractivity contribution in [3.63, 3.8) is 0 Å². The van der Waals surface area contributed by atoms with Gasteiger partial charge in [-0.25, -0.2) is 0 Å². The van der Waals surface area contributed by atoms with Crippen LogP contribution in [0.1, 0.15) is 176 Å². The molecule has 9 heteroatoms. The smallest absolute Gasteiger partial charge is 0.221 e. The lowest BCUT2D eigenvalue weighted by atomic mass is 10.0. The molecule has 0 spiro atoms. The average Bonchev–Trinajstić information content (AvgIpc) is 3.00. The van der Waals surface area contributed by atoms with Crippen molar-refractivity contribution >= 4 is 11.8 Å². The van der Waals surface area contributed by atoms with Gasteiger partial charge in [0, 0.05) is 25.4 Å². The molecule has 0 heterocycles. The molecule has 0 radical (unpaired) electrons. The summed E-state index contributed by atoms with van der Waals surface area (Å²) in [7, 11) is 0. The van der Waals surface area contributed by atoms with E-state index in [1.54, 1.807) is 0 Å². The molecule has 7 N–H and O–H groups in total. The lowest BCUT2D eigenvalue weighted by molar-refractivity contribution is -0.146. The SMILES string of the molecule is CCCCCCCCCCCC(=O)NC(CC)C(N)C(O)O.CCCCCCCCCCCC(=O)NC(CC)N(O)CC. The summed E-state index contributed by atoms with van der Waals surface area (Å²) >= 11 is 0. The van der Waals surface area contributed by atoms with Crippen LogP contribution in [0.25, 0.3) is 0 Å². The minimum Gasteiger partial charge on any atom is -0.367 e. The first-order valence-corrected chi connectivity index (χ1v) is 17.8. The third-order valence-corrected chi connectivity index (χ3v) is 8.01. The van der Waals surface area contributed by atoms with Gasteiger partial charge < -0.3 is 31.8 Å². The maximum absolute atomic E-state index is 11.8. The number of nitrogens with two attached hydrogens (primary N) is 1. The zero-order chi connectivity index (χ0) is 32.7. The highest BCUT2D eigenvalue weighted by atomic mass is 16.5. The highest BCUT2D eigenvalue weighted by molar-refractivity contribution is 5.76. The molecule has 3 atom stereocenters. The molecule has 0 aliphatic heterocycles. The molecule has 258 valence electrons. The number of unbranched alkanes of at least 4 members (excludes halogenated alkanes) is 16. The van der Waals surface area contributed by atoms with Crippen molar-refractivity contribution in [1.82, 2.24) is 15.7 Å². The third kappa shape index (κ3) is 28.0. The van der Waals surface area contributed by atoms with Crippen LogP contribution >= 0.6 is 0 Å². The van der Waals surface area contributed by atoms with E-state index in [-0.39, 0.29) is 24.0 Å². The van der Waals surface area contributed by atoms with Gasteiger partial charge in [-0.05, 0) is 25.7 Å². The second-order valence-electron chi connectivity index (χ2n) is 12.0. The minimum absolute atomic E-state index is 0.0501. The summed E-state index contributed by atoms with van der Waals surface area (Å²) in [6.07, 6.45) is 22.8. The lowest BCUT2D eigenvalue weighted by Crippen LogP contribution is -2.53. The van der Waals surface area contributed by atoms with E-state index in [1.165, 1.54) is 95.0 Å². The maximum atomic E-state index is 11.8. The van der Waals surface area contributed by atoms with Crippen LogP contribution in [0.15, 0.2) is 0 Å². The molecule has 2 amide bonds. The number of hydrogen-bond donors (Lipinski definition) is 6. The van der Waals surface area contributed by atoms with Gasteiger partial charge in [0.1, 0.15) is 6.17 Å². The first-order chi connectivity index (χ1) is 20.7. The molecule has 0 saturated carbocycles. The quantitative estimate of drug-likeness (QED) is 0.0318. The van der Waals surface area contributed by atoms with Gasteiger partial charge >= 0.3 is 0 Å². The van der Waals surface area contributed by atoms with E-state index >= 15 is 0 Å². The van der Waals surface area contributed by atoms with Gasteiger partial charge in [0.15, 0.2) is 6.29 Å². The summed E-state index contributed by atoms with van der Waals surface area (Å²) < 4.78 is 0. The van der Waals surface area contributed by atoms with Crippen LogP contribution < -0.4 is 16.4 Å². The molecule has 0 aromatic carbocycles. The first-order valence-electron chi connectivity index (χ1n) is 17.8. The predicted molar refractivity (Wildman–Crippen MR) is 178 cm³/mol. The number of hydrogen-bond acceptors (Lipinski definition) is 7. The fourth-order valence-electron chi connectivity index (χ4n) is 5.02. The van der Waals surface area contributed by atoms with E-state index in [2.05, 4.69) is 24.5 Å².